The van der Waals surface area contributed by atoms with Crippen molar-refractivity contribution >= 4 is 28.6 Å². The fourth-order valence-corrected chi connectivity index (χ4v) is 5.38. The molecular formula is C26H22ClN5S. The minimum Gasteiger partial charge on any atom is -0.273 e. The first-order valence-corrected chi connectivity index (χ1v) is 12.1. The Kier molecular flexibility index (Phi) is 5.84. The SMILES string of the molecule is CCC[C@@H]1N=C(c2ccc(Cl)cc2)c2c(sc(C#Cc3ccncc3)c2C)-n2c(C)nnc21. The minimum absolute atomic E-state index is 0.0627. The van der Waals surface area contributed by atoms with E-state index in [2.05, 4.69) is 45.4 Å². The zero-order chi connectivity index (χ0) is 22.9. The molecule has 0 saturated heterocycles. The highest BCUT2D eigenvalue weighted by molar-refractivity contribution is 7.15. The minimum atomic E-state index is -0.0627. The van der Waals surface area contributed by atoms with Gasteiger partial charge in [-0.3, -0.25) is 14.5 Å². The summed E-state index contributed by atoms with van der Waals surface area (Å²) >= 11 is 7.85. The van der Waals surface area contributed by atoms with Crippen LogP contribution in [0.2, 0.25) is 5.02 Å². The van der Waals surface area contributed by atoms with Crippen LogP contribution < -0.4 is 0 Å². The van der Waals surface area contributed by atoms with Crippen molar-refractivity contribution in [2.75, 3.05) is 0 Å². The number of hydrogen-bond donors (Lipinski definition) is 0. The molecule has 1 aliphatic heterocycles. The van der Waals surface area contributed by atoms with Crippen LogP contribution in [-0.4, -0.2) is 25.5 Å². The number of hydrogen-bond acceptors (Lipinski definition) is 5. The lowest BCUT2D eigenvalue weighted by molar-refractivity contribution is 0.597. The van der Waals surface area contributed by atoms with E-state index in [4.69, 9.17) is 16.6 Å². The predicted octanol–water partition coefficient (Wildman–Crippen LogP) is 6.09. The Labute approximate surface area is 202 Å². The zero-order valence-electron chi connectivity index (χ0n) is 18.6. The van der Waals surface area contributed by atoms with Crippen LogP contribution in [0, 0.1) is 25.7 Å². The van der Waals surface area contributed by atoms with Crippen molar-refractivity contribution in [1.29, 1.82) is 0 Å². The highest BCUT2D eigenvalue weighted by Crippen LogP contribution is 2.40. The van der Waals surface area contributed by atoms with Gasteiger partial charge in [0.25, 0.3) is 0 Å². The summed E-state index contributed by atoms with van der Waals surface area (Å²) in [6.45, 7) is 6.29. The molecule has 0 bridgehead atoms. The monoisotopic (exact) mass is 471 g/mol. The van der Waals surface area contributed by atoms with Crippen molar-refractivity contribution in [3.63, 3.8) is 0 Å². The van der Waals surface area contributed by atoms with Crippen molar-refractivity contribution < 1.29 is 0 Å². The second-order valence-corrected chi connectivity index (χ2v) is 9.39. The second-order valence-electron chi connectivity index (χ2n) is 7.95. The molecule has 5 nitrogen and oxygen atoms in total. The molecule has 0 unspecified atom stereocenters. The molecule has 3 aromatic heterocycles. The van der Waals surface area contributed by atoms with Gasteiger partial charge < -0.3 is 0 Å². The molecule has 4 heterocycles. The number of nitrogens with zero attached hydrogens (tertiary/aromatic N) is 5. The van der Waals surface area contributed by atoms with Crippen LogP contribution in [-0.2, 0) is 0 Å². The summed E-state index contributed by atoms with van der Waals surface area (Å²) in [6, 6.07) is 11.7. The molecule has 5 rings (SSSR count). The molecule has 164 valence electrons. The lowest BCUT2D eigenvalue weighted by atomic mass is 9.99. The standard InChI is InChI=1S/C26H22ClN5S/c1-4-5-21-25-31-30-17(3)32(25)26-23(24(29-21)19-7-9-20(27)10-8-19)16(2)22(33-26)11-6-18-12-14-28-15-13-18/h7-10,12-15,21H,4-5H2,1-3H3/t21-/m0/s1. The molecule has 1 aromatic carbocycles. The van der Waals surface area contributed by atoms with Gasteiger partial charge in [-0.1, -0.05) is 48.9 Å². The number of halogens is 1. The van der Waals surface area contributed by atoms with Crippen LogP contribution in [0.15, 0.2) is 53.8 Å². The third kappa shape index (κ3) is 3.99. The highest BCUT2D eigenvalue weighted by atomic mass is 35.5. The fourth-order valence-electron chi connectivity index (χ4n) is 4.04. The van der Waals surface area contributed by atoms with Crippen LogP contribution >= 0.6 is 22.9 Å². The molecule has 1 atom stereocenters. The third-order valence-corrected chi connectivity index (χ3v) is 7.13. The van der Waals surface area contributed by atoms with Gasteiger partial charge in [0.15, 0.2) is 5.82 Å². The summed E-state index contributed by atoms with van der Waals surface area (Å²) in [5, 5.41) is 10.7. The summed E-state index contributed by atoms with van der Waals surface area (Å²) in [7, 11) is 0. The summed E-state index contributed by atoms with van der Waals surface area (Å²) in [6.07, 6.45) is 5.42. The van der Waals surface area contributed by atoms with Crippen molar-refractivity contribution in [1.82, 2.24) is 19.7 Å². The van der Waals surface area contributed by atoms with Crippen LogP contribution in [0.1, 0.15) is 64.6 Å². The van der Waals surface area contributed by atoms with Gasteiger partial charge in [0.1, 0.15) is 16.9 Å². The molecule has 4 aromatic rings. The van der Waals surface area contributed by atoms with E-state index in [1.165, 1.54) is 0 Å². The lowest BCUT2D eigenvalue weighted by Crippen LogP contribution is -2.07. The lowest BCUT2D eigenvalue weighted by Gasteiger charge is -2.11. The van der Waals surface area contributed by atoms with E-state index in [9.17, 15) is 0 Å². The van der Waals surface area contributed by atoms with Crippen molar-refractivity contribution in [2.45, 2.75) is 39.7 Å². The molecule has 0 aliphatic carbocycles. The number of fused-ring (bicyclic) bond motifs is 3. The molecule has 0 amide bonds. The zero-order valence-corrected chi connectivity index (χ0v) is 20.2. The second kappa shape index (κ2) is 8.93. The van der Waals surface area contributed by atoms with E-state index in [-0.39, 0.29) is 6.04 Å². The normalized spacial score (nSPS) is 14.5. The van der Waals surface area contributed by atoms with Gasteiger partial charge in [-0.25, -0.2) is 0 Å². The van der Waals surface area contributed by atoms with Crippen LogP contribution in [0.5, 0.6) is 0 Å². The largest absolute Gasteiger partial charge is 0.273 e. The highest BCUT2D eigenvalue weighted by Gasteiger charge is 2.31. The van der Waals surface area contributed by atoms with Crippen molar-refractivity contribution in [3.05, 3.63) is 92.6 Å². The van der Waals surface area contributed by atoms with Gasteiger partial charge in [-0.2, -0.15) is 0 Å². The Morgan fingerprint density at radius 3 is 2.52 bits per heavy atom. The summed E-state index contributed by atoms with van der Waals surface area (Å²) in [5.74, 6) is 8.39. The predicted molar refractivity (Wildman–Crippen MR) is 134 cm³/mol. The van der Waals surface area contributed by atoms with E-state index in [0.717, 1.165) is 62.3 Å². The number of aromatic nitrogens is 4. The number of aliphatic imine (C=N–C) groups is 1. The van der Waals surface area contributed by atoms with Gasteiger partial charge in [0.2, 0.25) is 0 Å². The average Bonchev–Trinajstić information content (AvgIpc) is 3.31. The smallest absolute Gasteiger partial charge is 0.163 e. The number of pyridine rings is 1. The van der Waals surface area contributed by atoms with Crippen molar-refractivity contribution in [3.8, 4) is 16.8 Å². The number of aryl methyl sites for hydroxylation is 1. The maximum atomic E-state index is 6.19. The number of rotatable bonds is 3. The topological polar surface area (TPSA) is 56.0 Å². The Balaban J connectivity index is 1.75. The maximum Gasteiger partial charge on any atom is 0.163 e. The van der Waals surface area contributed by atoms with Gasteiger partial charge in [0, 0.05) is 34.1 Å². The maximum absolute atomic E-state index is 6.19. The molecule has 1 aliphatic rings. The van der Waals surface area contributed by atoms with Gasteiger partial charge in [0.05, 0.1) is 10.6 Å². The number of thiophene rings is 1. The number of benzene rings is 1. The summed E-state index contributed by atoms with van der Waals surface area (Å²) in [4.78, 5) is 10.3. The van der Waals surface area contributed by atoms with Gasteiger partial charge >= 0.3 is 0 Å². The van der Waals surface area contributed by atoms with Crippen molar-refractivity contribution in [2.24, 2.45) is 4.99 Å². The molecule has 33 heavy (non-hydrogen) atoms. The molecule has 0 radical (unpaired) electrons. The summed E-state index contributed by atoms with van der Waals surface area (Å²) in [5.41, 5.74) is 5.12. The molecule has 0 fully saturated rings. The van der Waals surface area contributed by atoms with Gasteiger partial charge in [-0.15, -0.1) is 21.5 Å². The van der Waals surface area contributed by atoms with E-state index >= 15 is 0 Å². The summed E-state index contributed by atoms with van der Waals surface area (Å²) < 4.78 is 2.16. The fraction of sp³-hybridized carbons (Fsp3) is 0.231. The van der Waals surface area contributed by atoms with E-state index < -0.39 is 0 Å². The molecule has 0 N–H and O–H groups in total. The Morgan fingerprint density at radius 2 is 1.79 bits per heavy atom. The third-order valence-electron chi connectivity index (χ3n) is 5.68. The molecule has 7 heteroatoms. The van der Waals surface area contributed by atoms with E-state index in [0.29, 0.717) is 5.02 Å². The molecule has 0 spiro atoms. The first kappa shape index (κ1) is 21.6. The Bertz CT molecular complexity index is 1400. The Morgan fingerprint density at radius 1 is 1.03 bits per heavy atom. The molecular weight excluding hydrogens is 450 g/mol. The first-order chi connectivity index (χ1) is 16.1. The van der Waals surface area contributed by atoms with Crippen LogP contribution in [0.3, 0.4) is 0 Å². The average molecular weight is 472 g/mol. The van der Waals surface area contributed by atoms with E-state index in [1.54, 1.807) is 23.7 Å². The van der Waals surface area contributed by atoms with Crippen LogP contribution in [0.4, 0.5) is 0 Å². The Hall–Kier alpha value is -3.27. The molecule has 0 saturated carbocycles. The van der Waals surface area contributed by atoms with Crippen LogP contribution in [0.25, 0.3) is 5.00 Å². The first-order valence-electron chi connectivity index (χ1n) is 10.9. The quantitative estimate of drug-likeness (QED) is 0.340. The van der Waals surface area contributed by atoms with Gasteiger partial charge in [-0.05, 0) is 50.1 Å². The van der Waals surface area contributed by atoms with E-state index in [1.807, 2.05) is 43.3 Å².